The number of ether oxygens (including phenoxy) is 1. The van der Waals surface area contributed by atoms with E-state index in [1.165, 1.54) is 0 Å². The highest BCUT2D eigenvalue weighted by Gasteiger charge is 2.48. The molecule has 306 valence electrons. The first-order valence-electron chi connectivity index (χ1n) is 19.1. The fourth-order valence-corrected chi connectivity index (χ4v) is 7.55. The lowest BCUT2D eigenvalue weighted by atomic mass is 9.92. The van der Waals surface area contributed by atoms with Gasteiger partial charge in [0, 0.05) is 19.5 Å². The Hall–Kier alpha value is -6.88. The van der Waals surface area contributed by atoms with Crippen molar-refractivity contribution in [3.8, 4) is 0 Å². The van der Waals surface area contributed by atoms with Gasteiger partial charge in [0.15, 0.2) is 0 Å². The van der Waals surface area contributed by atoms with Crippen LogP contribution in [-0.4, -0.2) is 100 Å². The lowest BCUT2D eigenvalue weighted by molar-refractivity contribution is -0.138. The van der Waals surface area contributed by atoms with Crippen molar-refractivity contribution in [1.82, 2.24) is 25.8 Å². The van der Waals surface area contributed by atoms with Crippen LogP contribution < -0.4 is 21.7 Å². The van der Waals surface area contributed by atoms with Gasteiger partial charge in [-0.05, 0) is 67.0 Å². The summed E-state index contributed by atoms with van der Waals surface area (Å²) in [5.74, 6) is -4.08. The number of cyclic esters (lactones) is 2. The van der Waals surface area contributed by atoms with Crippen LogP contribution in [-0.2, 0) is 23.9 Å². The van der Waals surface area contributed by atoms with Crippen molar-refractivity contribution < 1.29 is 52.7 Å². The number of hydrogen-bond acceptors (Lipinski definition) is 12. The second kappa shape index (κ2) is 17.3. The van der Waals surface area contributed by atoms with Crippen molar-refractivity contribution in [2.24, 2.45) is 23.5 Å². The van der Waals surface area contributed by atoms with Gasteiger partial charge in [-0.2, -0.15) is 0 Å². The summed E-state index contributed by atoms with van der Waals surface area (Å²) in [4.78, 5) is 119. The van der Waals surface area contributed by atoms with Crippen molar-refractivity contribution >= 4 is 59.2 Å². The Balaban J connectivity index is 0.000000139. The van der Waals surface area contributed by atoms with E-state index >= 15 is 0 Å². The van der Waals surface area contributed by atoms with Gasteiger partial charge in [0.2, 0.25) is 23.6 Å². The highest BCUT2D eigenvalue weighted by Crippen LogP contribution is 2.31. The number of hydrogen-bond donors (Lipinski definition) is 4. The van der Waals surface area contributed by atoms with E-state index in [2.05, 4.69) is 20.7 Å². The molecule has 0 bridgehead atoms. The summed E-state index contributed by atoms with van der Waals surface area (Å²) in [6.07, 6.45) is 1.89. The van der Waals surface area contributed by atoms with E-state index in [4.69, 9.17) is 5.73 Å². The molecule has 3 fully saturated rings. The van der Waals surface area contributed by atoms with Crippen LogP contribution >= 0.6 is 0 Å². The van der Waals surface area contributed by atoms with Gasteiger partial charge in [0.05, 0.1) is 39.4 Å². The topological polar surface area (TPSA) is 249 Å². The van der Waals surface area contributed by atoms with E-state index in [1.807, 2.05) is 13.8 Å². The van der Waals surface area contributed by atoms with E-state index in [9.17, 15) is 47.9 Å². The van der Waals surface area contributed by atoms with Gasteiger partial charge >= 0.3 is 11.9 Å². The van der Waals surface area contributed by atoms with Gasteiger partial charge in [0.25, 0.3) is 23.6 Å². The summed E-state index contributed by atoms with van der Waals surface area (Å²) in [5, 5.41) is 7.60. The van der Waals surface area contributed by atoms with E-state index in [0.29, 0.717) is 45.8 Å². The van der Waals surface area contributed by atoms with E-state index < -0.39 is 47.7 Å². The molecule has 0 radical (unpaired) electrons. The smallest absolute Gasteiger partial charge is 0.346 e. The molecule has 17 heteroatoms. The molecule has 0 spiro atoms. The minimum Gasteiger partial charge on any atom is -0.386 e. The minimum atomic E-state index is -0.930. The highest BCUT2D eigenvalue weighted by molar-refractivity contribution is 6.24. The Morgan fingerprint density at radius 2 is 0.881 bits per heavy atom. The number of benzene rings is 3. The third-order valence-corrected chi connectivity index (χ3v) is 10.9. The van der Waals surface area contributed by atoms with Gasteiger partial charge in [-0.1, -0.05) is 57.2 Å². The van der Waals surface area contributed by atoms with Crippen molar-refractivity contribution in [2.45, 2.75) is 58.2 Å². The lowest BCUT2D eigenvalue weighted by Crippen LogP contribution is -2.58. The Bertz CT molecular complexity index is 2190. The number of fused-ring (bicyclic) bond motifs is 3. The zero-order chi connectivity index (χ0) is 42.7. The lowest BCUT2D eigenvalue weighted by Gasteiger charge is -2.33. The number of nitrogens with zero attached hydrogens (tertiary/aromatic N) is 2. The third-order valence-electron chi connectivity index (χ3n) is 10.9. The molecule has 0 saturated carbocycles. The summed E-state index contributed by atoms with van der Waals surface area (Å²) >= 11 is 0. The molecule has 3 saturated heterocycles. The molecule has 6 atom stereocenters. The van der Waals surface area contributed by atoms with E-state index in [-0.39, 0.29) is 47.9 Å². The SMILES string of the molecule is CC1CCNC(=O)C1N.C[C@H]1CC(=O)NC(=O)[C@@H]1N1C(=O)c2ccccc2C1=O.C[C@H]1CCNC(=O)[C@@H]1N1C(=O)c2ccccc2C1=O.O=C1OC(=O)c2ccccc21. The Morgan fingerprint density at radius 3 is 1.25 bits per heavy atom. The van der Waals surface area contributed by atoms with Crippen LogP contribution in [0, 0.1) is 17.8 Å². The van der Waals surface area contributed by atoms with Crippen LogP contribution in [0.25, 0.3) is 0 Å². The molecule has 6 aliphatic rings. The normalized spacial score (nSPS) is 25.4. The minimum absolute atomic E-state index is 0.00579. The van der Waals surface area contributed by atoms with Crippen LogP contribution in [0.1, 0.15) is 102 Å². The Labute approximate surface area is 338 Å². The molecule has 3 aromatic carbocycles. The molecule has 2 unspecified atom stereocenters. The average molecular weight is 807 g/mol. The number of rotatable bonds is 2. The number of nitrogens with two attached hydrogens (primary N) is 1. The van der Waals surface area contributed by atoms with Crippen LogP contribution in [0.4, 0.5) is 0 Å². The summed E-state index contributed by atoms with van der Waals surface area (Å²) in [7, 11) is 0. The van der Waals surface area contributed by atoms with Crippen LogP contribution in [0.3, 0.4) is 0 Å². The van der Waals surface area contributed by atoms with Gasteiger partial charge in [-0.15, -0.1) is 0 Å². The number of piperidine rings is 3. The number of esters is 2. The van der Waals surface area contributed by atoms with E-state index in [1.54, 1.807) is 79.7 Å². The largest absolute Gasteiger partial charge is 0.386 e. The number of amides is 8. The monoisotopic (exact) mass is 806 g/mol. The van der Waals surface area contributed by atoms with Crippen LogP contribution in [0.5, 0.6) is 0 Å². The molecule has 3 aromatic rings. The van der Waals surface area contributed by atoms with Crippen LogP contribution in [0.2, 0.25) is 0 Å². The van der Waals surface area contributed by atoms with Gasteiger partial charge < -0.3 is 21.1 Å². The molecule has 17 nitrogen and oxygen atoms in total. The zero-order valence-electron chi connectivity index (χ0n) is 32.4. The van der Waals surface area contributed by atoms with Gasteiger partial charge in [0.1, 0.15) is 12.1 Å². The molecule has 8 amide bonds. The maximum Gasteiger partial charge on any atom is 0.346 e. The molecule has 59 heavy (non-hydrogen) atoms. The van der Waals surface area contributed by atoms with Crippen molar-refractivity contribution in [3.05, 3.63) is 106 Å². The van der Waals surface area contributed by atoms with Crippen molar-refractivity contribution in [3.63, 3.8) is 0 Å². The van der Waals surface area contributed by atoms with E-state index in [0.717, 1.165) is 29.2 Å². The number of imide groups is 3. The fourth-order valence-electron chi connectivity index (χ4n) is 7.55. The standard InChI is InChI=1S/C14H12N2O4.C14H14N2O3.C8H4O3.C6H12N2O/c1-7-6-10(17)15-12(18)11(7)16-13(19)8-4-2-3-5-9(8)14(16)20;1-8-6-7-15-12(17)11(8)16-13(18)9-4-2-3-5-10(9)14(16)19;9-7-5-3-1-2-4-6(5)8(10)11-7;1-4-2-3-8-6(9)5(4)7/h2-5,7,11H,6H2,1H3,(H,15,17,18);2-5,8,11H,6-7H2,1H3,(H,15,17);1-4H;4-5H,2-3,7H2,1H3,(H,8,9)/t7-,11+;8-,11+;;/m00../s1. The molecule has 9 rings (SSSR count). The Morgan fingerprint density at radius 1 is 0.508 bits per heavy atom. The maximum absolute atomic E-state index is 12.3. The average Bonchev–Trinajstić information content (AvgIpc) is 3.75. The van der Waals surface area contributed by atoms with Crippen molar-refractivity contribution in [2.75, 3.05) is 13.1 Å². The Kier molecular flexibility index (Phi) is 12.3. The molecular weight excluding hydrogens is 764 g/mol. The summed E-state index contributed by atoms with van der Waals surface area (Å²) in [6, 6.07) is 17.8. The molecule has 6 heterocycles. The third kappa shape index (κ3) is 8.27. The maximum atomic E-state index is 12.3. The first kappa shape index (κ1) is 41.7. The van der Waals surface area contributed by atoms with Crippen LogP contribution in [0.15, 0.2) is 72.8 Å². The predicted molar refractivity (Wildman–Crippen MR) is 206 cm³/mol. The number of nitrogens with one attached hydrogen (secondary N) is 3. The first-order valence-corrected chi connectivity index (χ1v) is 19.1. The molecule has 6 aliphatic heterocycles. The summed E-state index contributed by atoms with van der Waals surface area (Å²) in [5.41, 5.74) is 7.60. The number of carbonyl (C=O) groups excluding carboxylic acids is 10. The predicted octanol–water partition coefficient (Wildman–Crippen LogP) is 1.61. The highest BCUT2D eigenvalue weighted by atomic mass is 16.6. The second-order valence-electron chi connectivity index (χ2n) is 14.9. The molecule has 0 aliphatic carbocycles. The quantitative estimate of drug-likeness (QED) is 0.164. The summed E-state index contributed by atoms with van der Waals surface area (Å²) < 4.78 is 4.35. The fraction of sp³-hybridized carbons (Fsp3) is 0.333. The molecule has 0 aromatic heterocycles. The molecular formula is C42H42N6O11. The van der Waals surface area contributed by atoms with Crippen molar-refractivity contribution in [1.29, 1.82) is 0 Å². The first-order chi connectivity index (χ1) is 28.1. The second-order valence-corrected chi connectivity index (χ2v) is 14.9. The number of carbonyl (C=O) groups is 10. The van der Waals surface area contributed by atoms with Gasteiger partial charge in [-0.25, -0.2) is 9.59 Å². The van der Waals surface area contributed by atoms with Gasteiger partial charge in [-0.3, -0.25) is 53.5 Å². The zero-order valence-corrected chi connectivity index (χ0v) is 32.4. The molecule has 5 N–H and O–H groups in total. The summed E-state index contributed by atoms with van der Waals surface area (Å²) in [6.45, 7) is 6.97.